The molecule has 0 aliphatic carbocycles. The van der Waals surface area contributed by atoms with Crippen molar-refractivity contribution in [2.75, 3.05) is 7.11 Å². The van der Waals surface area contributed by atoms with Crippen LogP contribution in [0.15, 0.2) is 41.0 Å². The van der Waals surface area contributed by atoms with Crippen LogP contribution in [0.1, 0.15) is 11.3 Å². The third-order valence-corrected chi connectivity index (χ3v) is 3.93. The zero-order chi connectivity index (χ0) is 13.7. The summed E-state index contributed by atoms with van der Waals surface area (Å²) in [6, 6.07) is 9.65. The highest BCUT2D eigenvalue weighted by Gasteiger charge is 2.04. The second-order valence-electron chi connectivity index (χ2n) is 3.86. The van der Waals surface area contributed by atoms with Crippen LogP contribution >= 0.6 is 31.9 Å². The zero-order valence-electron chi connectivity index (χ0n) is 10.4. The van der Waals surface area contributed by atoms with Crippen LogP contribution in [0.4, 0.5) is 0 Å². The minimum atomic E-state index is 0.465. The molecule has 19 heavy (non-hydrogen) atoms. The maximum atomic E-state index is 5.71. The van der Waals surface area contributed by atoms with Gasteiger partial charge in [-0.3, -0.25) is 4.98 Å². The van der Waals surface area contributed by atoms with Gasteiger partial charge in [-0.15, -0.1) is 0 Å². The van der Waals surface area contributed by atoms with Crippen molar-refractivity contribution in [3.8, 4) is 11.5 Å². The maximum absolute atomic E-state index is 5.71. The second-order valence-corrected chi connectivity index (χ2v) is 5.28. The van der Waals surface area contributed by atoms with Crippen LogP contribution in [-0.4, -0.2) is 12.1 Å². The molecule has 0 N–H and O–H groups in total. The van der Waals surface area contributed by atoms with E-state index in [0.717, 1.165) is 32.6 Å². The number of nitrogens with zero attached hydrogens (tertiary/aromatic N) is 1. The number of ether oxygens (including phenoxy) is 2. The van der Waals surface area contributed by atoms with Crippen LogP contribution < -0.4 is 9.47 Å². The van der Waals surface area contributed by atoms with Crippen molar-refractivity contribution in [1.82, 2.24) is 4.98 Å². The molecule has 0 unspecified atom stereocenters. The lowest BCUT2D eigenvalue weighted by Gasteiger charge is -2.09. The average molecular weight is 387 g/mol. The van der Waals surface area contributed by atoms with Crippen LogP contribution in [0.3, 0.4) is 0 Å². The molecule has 0 atom stereocenters. The first-order valence-corrected chi connectivity index (χ1v) is 7.60. The lowest BCUT2D eigenvalue weighted by molar-refractivity contribution is 0.303. The van der Waals surface area contributed by atoms with Crippen molar-refractivity contribution in [1.29, 1.82) is 0 Å². The van der Waals surface area contributed by atoms with Crippen LogP contribution in [0.2, 0.25) is 0 Å². The molecule has 2 rings (SSSR count). The van der Waals surface area contributed by atoms with Gasteiger partial charge in [0.2, 0.25) is 0 Å². The molecule has 0 amide bonds. The molecular weight excluding hydrogens is 374 g/mol. The summed E-state index contributed by atoms with van der Waals surface area (Å²) in [7, 11) is 1.65. The van der Waals surface area contributed by atoms with Crippen molar-refractivity contribution in [2.45, 2.75) is 11.9 Å². The number of halogens is 2. The quantitative estimate of drug-likeness (QED) is 0.716. The topological polar surface area (TPSA) is 31.4 Å². The smallest absolute Gasteiger partial charge is 0.138 e. The number of aromatic nitrogens is 1. The summed E-state index contributed by atoms with van der Waals surface area (Å²) in [5.74, 6) is 1.56. The van der Waals surface area contributed by atoms with Gasteiger partial charge in [0, 0.05) is 15.4 Å². The summed E-state index contributed by atoms with van der Waals surface area (Å²) < 4.78 is 11.9. The fraction of sp³-hybridized carbons (Fsp3) is 0.214. The van der Waals surface area contributed by atoms with E-state index in [-0.39, 0.29) is 0 Å². The van der Waals surface area contributed by atoms with E-state index in [1.54, 1.807) is 13.3 Å². The summed E-state index contributed by atoms with van der Waals surface area (Å²) >= 11 is 6.86. The van der Waals surface area contributed by atoms with Gasteiger partial charge in [-0.2, -0.15) is 0 Å². The van der Waals surface area contributed by atoms with Gasteiger partial charge in [0.25, 0.3) is 0 Å². The first-order valence-electron chi connectivity index (χ1n) is 5.69. The van der Waals surface area contributed by atoms with Gasteiger partial charge in [0.1, 0.15) is 18.1 Å². The Morgan fingerprint density at radius 1 is 1.16 bits per heavy atom. The number of methoxy groups -OCH3 is 1. The fourth-order valence-corrected chi connectivity index (χ4v) is 2.22. The lowest BCUT2D eigenvalue weighted by atomic mass is 10.2. The number of alkyl halides is 1. The Labute approximate surface area is 129 Å². The minimum Gasteiger partial charge on any atom is -0.497 e. The molecule has 0 radical (unpaired) electrons. The zero-order valence-corrected chi connectivity index (χ0v) is 13.6. The number of benzene rings is 1. The molecule has 0 aliphatic heterocycles. The number of rotatable bonds is 5. The molecule has 100 valence electrons. The highest BCUT2D eigenvalue weighted by molar-refractivity contribution is 9.10. The Morgan fingerprint density at radius 2 is 1.95 bits per heavy atom. The third kappa shape index (κ3) is 3.94. The van der Waals surface area contributed by atoms with Crippen molar-refractivity contribution in [3.05, 3.63) is 52.3 Å². The fourth-order valence-electron chi connectivity index (χ4n) is 1.53. The number of pyridine rings is 1. The van der Waals surface area contributed by atoms with Gasteiger partial charge in [0.05, 0.1) is 19.0 Å². The Morgan fingerprint density at radius 3 is 2.58 bits per heavy atom. The monoisotopic (exact) mass is 385 g/mol. The molecule has 1 heterocycles. The Balaban J connectivity index is 2.05. The molecule has 3 nitrogen and oxygen atoms in total. The molecule has 0 aliphatic rings. The normalized spacial score (nSPS) is 10.3. The van der Waals surface area contributed by atoms with E-state index >= 15 is 0 Å². The summed E-state index contributed by atoms with van der Waals surface area (Å²) in [4.78, 5) is 4.26. The molecule has 1 aromatic carbocycles. The molecule has 0 spiro atoms. The molecule has 2 aromatic rings. The third-order valence-electron chi connectivity index (χ3n) is 2.58. The average Bonchev–Trinajstić information content (AvgIpc) is 2.47. The SMILES string of the molecule is COc1ccc(Br)c(COc2ccc(CBr)nc2)c1. The number of hydrogen-bond acceptors (Lipinski definition) is 3. The van der Waals surface area contributed by atoms with Crippen LogP contribution in [-0.2, 0) is 11.9 Å². The van der Waals surface area contributed by atoms with Crippen molar-refractivity contribution < 1.29 is 9.47 Å². The van der Waals surface area contributed by atoms with Gasteiger partial charge < -0.3 is 9.47 Å². The van der Waals surface area contributed by atoms with E-state index in [1.165, 1.54) is 0 Å². The Hall–Kier alpha value is -1.07. The first-order chi connectivity index (χ1) is 9.22. The van der Waals surface area contributed by atoms with Gasteiger partial charge in [-0.05, 0) is 30.3 Å². The van der Waals surface area contributed by atoms with E-state index in [2.05, 4.69) is 36.8 Å². The Kier molecular flexibility index (Phi) is 5.22. The second kappa shape index (κ2) is 6.91. The highest BCUT2D eigenvalue weighted by Crippen LogP contribution is 2.24. The predicted molar refractivity (Wildman–Crippen MR) is 81.9 cm³/mol. The minimum absolute atomic E-state index is 0.465. The lowest BCUT2D eigenvalue weighted by Crippen LogP contribution is -1.98. The van der Waals surface area contributed by atoms with Gasteiger partial charge in [-0.25, -0.2) is 0 Å². The highest BCUT2D eigenvalue weighted by atomic mass is 79.9. The van der Waals surface area contributed by atoms with E-state index in [9.17, 15) is 0 Å². The molecule has 0 saturated carbocycles. The van der Waals surface area contributed by atoms with Crippen molar-refractivity contribution in [3.63, 3.8) is 0 Å². The van der Waals surface area contributed by atoms with Gasteiger partial charge >= 0.3 is 0 Å². The van der Waals surface area contributed by atoms with Gasteiger partial charge in [0.15, 0.2) is 0 Å². The molecule has 5 heteroatoms. The van der Waals surface area contributed by atoms with Gasteiger partial charge in [-0.1, -0.05) is 31.9 Å². The molecule has 0 fully saturated rings. The van der Waals surface area contributed by atoms with Crippen LogP contribution in [0.25, 0.3) is 0 Å². The Bertz CT molecular complexity index is 544. The van der Waals surface area contributed by atoms with Crippen molar-refractivity contribution >= 4 is 31.9 Å². The predicted octanol–water partition coefficient (Wildman–Crippen LogP) is 4.33. The first kappa shape index (κ1) is 14.3. The van der Waals surface area contributed by atoms with E-state index < -0.39 is 0 Å². The summed E-state index contributed by atoms with van der Waals surface area (Å²) in [6.45, 7) is 0.465. The summed E-state index contributed by atoms with van der Waals surface area (Å²) in [5, 5.41) is 0.745. The largest absolute Gasteiger partial charge is 0.497 e. The molecular formula is C14H13Br2NO2. The summed E-state index contributed by atoms with van der Waals surface area (Å²) in [6.07, 6.45) is 1.73. The number of hydrogen-bond donors (Lipinski definition) is 0. The van der Waals surface area contributed by atoms with Crippen molar-refractivity contribution in [2.24, 2.45) is 0 Å². The molecule has 1 aromatic heterocycles. The van der Waals surface area contributed by atoms with E-state index in [4.69, 9.17) is 9.47 Å². The molecule has 0 saturated heterocycles. The molecule has 0 bridgehead atoms. The van der Waals surface area contributed by atoms with E-state index in [1.807, 2.05) is 30.3 Å². The standard InChI is InChI=1S/C14H13Br2NO2/c1-18-12-4-5-14(16)10(6-12)9-19-13-3-2-11(7-15)17-8-13/h2-6,8H,7,9H2,1H3. The van der Waals surface area contributed by atoms with E-state index in [0.29, 0.717) is 6.61 Å². The summed E-state index contributed by atoms with van der Waals surface area (Å²) in [5.41, 5.74) is 2.01. The van der Waals surface area contributed by atoms with Crippen LogP contribution in [0, 0.1) is 0 Å². The van der Waals surface area contributed by atoms with Crippen LogP contribution in [0.5, 0.6) is 11.5 Å². The maximum Gasteiger partial charge on any atom is 0.138 e.